The average molecular weight is 354 g/mol. The summed E-state index contributed by atoms with van der Waals surface area (Å²) in [6, 6.07) is 12.0. The molecule has 19 heavy (non-hydrogen) atoms. The van der Waals surface area contributed by atoms with Crippen LogP contribution < -0.4 is 5.32 Å². The molecule has 3 rings (SSSR count). The van der Waals surface area contributed by atoms with E-state index in [-0.39, 0.29) is 0 Å². The molecule has 0 radical (unpaired) electrons. The highest BCUT2D eigenvalue weighted by atomic mass is 79.9. The summed E-state index contributed by atoms with van der Waals surface area (Å²) >= 11 is 11.3. The zero-order chi connectivity index (χ0) is 13.2. The Balaban J connectivity index is 1.79. The third-order valence-corrected chi connectivity index (χ3v) is 4.48. The molecule has 3 aromatic rings. The van der Waals surface area contributed by atoms with Gasteiger partial charge in [-0.2, -0.15) is 0 Å². The molecule has 96 valence electrons. The molecule has 0 saturated heterocycles. The minimum absolute atomic E-state index is 0.697. The first-order chi connectivity index (χ1) is 9.22. The topological polar surface area (TPSA) is 24.9 Å². The van der Waals surface area contributed by atoms with Crippen LogP contribution in [0, 0.1) is 0 Å². The zero-order valence-corrected chi connectivity index (χ0v) is 13.0. The molecule has 0 bridgehead atoms. The van der Waals surface area contributed by atoms with Gasteiger partial charge < -0.3 is 5.32 Å². The molecule has 1 aromatic heterocycles. The Hall–Kier alpha value is -1.10. The van der Waals surface area contributed by atoms with Gasteiger partial charge in [-0.25, -0.2) is 4.98 Å². The molecular formula is C14H10BrClN2S. The van der Waals surface area contributed by atoms with Crippen molar-refractivity contribution in [3.8, 4) is 0 Å². The number of nitrogens with one attached hydrogen (secondary N) is 1. The van der Waals surface area contributed by atoms with E-state index in [2.05, 4.69) is 32.3 Å². The van der Waals surface area contributed by atoms with Crippen molar-refractivity contribution in [1.82, 2.24) is 4.98 Å². The van der Waals surface area contributed by atoms with E-state index in [0.717, 1.165) is 26.3 Å². The van der Waals surface area contributed by atoms with Crippen molar-refractivity contribution in [3.63, 3.8) is 0 Å². The highest BCUT2D eigenvalue weighted by molar-refractivity contribution is 9.10. The smallest absolute Gasteiger partial charge is 0.0813 e. The second-order valence-electron chi connectivity index (χ2n) is 4.12. The van der Waals surface area contributed by atoms with Crippen LogP contribution in [0.15, 0.2) is 46.4 Å². The quantitative estimate of drug-likeness (QED) is 0.689. The second-order valence-corrected chi connectivity index (χ2v) is 6.33. The van der Waals surface area contributed by atoms with Gasteiger partial charge in [0.25, 0.3) is 0 Å². The number of halogens is 2. The first-order valence-corrected chi connectivity index (χ1v) is 7.78. The molecule has 0 fully saturated rings. The highest BCUT2D eigenvalue weighted by Crippen LogP contribution is 2.24. The van der Waals surface area contributed by atoms with Crippen LogP contribution in [0.1, 0.15) is 5.56 Å². The maximum absolute atomic E-state index is 6.17. The van der Waals surface area contributed by atoms with Gasteiger partial charge in [0.05, 0.1) is 15.7 Å². The van der Waals surface area contributed by atoms with Gasteiger partial charge in [-0.3, -0.25) is 0 Å². The molecule has 1 heterocycles. The Labute approximate surface area is 128 Å². The zero-order valence-electron chi connectivity index (χ0n) is 9.86. The van der Waals surface area contributed by atoms with E-state index in [1.54, 1.807) is 11.3 Å². The Kier molecular flexibility index (Phi) is 3.73. The molecule has 5 heteroatoms. The number of rotatable bonds is 3. The van der Waals surface area contributed by atoms with Crippen LogP contribution >= 0.6 is 38.9 Å². The van der Waals surface area contributed by atoms with Crippen molar-refractivity contribution >= 4 is 54.8 Å². The molecule has 0 aliphatic heterocycles. The van der Waals surface area contributed by atoms with E-state index >= 15 is 0 Å². The molecule has 0 unspecified atom stereocenters. The summed E-state index contributed by atoms with van der Waals surface area (Å²) < 4.78 is 2.22. The minimum atomic E-state index is 0.697. The fourth-order valence-corrected chi connectivity index (χ4v) is 3.15. The first-order valence-electron chi connectivity index (χ1n) is 5.73. The first kappa shape index (κ1) is 12.9. The molecule has 0 saturated carbocycles. The van der Waals surface area contributed by atoms with Crippen LogP contribution in [-0.2, 0) is 6.54 Å². The summed E-state index contributed by atoms with van der Waals surface area (Å²) in [6.07, 6.45) is 0. The van der Waals surface area contributed by atoms with Crippen molar-refractivity contribution in [2.75, 3.05) is 5.32 Å². The number of thiazole rings is 1. The number of hydrogen-bond acceptors (Lipinski definition) is 3. The molecule has 2 nitrogen and oxygen atoms in total. The average Bonchev–Trinajstić information content (AvgIpc) is 2.87. The van der Waals surface area contributed by atoms with Crippen LogP contribution in [-0.4, -0.2) is 4.98 Å². The Bertz CT molecular complexity index is 726. The van der Waals surface area contributed by atoms with Crippen molar-refractivity contribution in [2.45, 2.75) is 6.54 Å². The van der Waals surface area contributed by atoms with Crippen molar-refractivity contribution in [3.05, 3.63) is 57.0 Å². The van der Waals surface area contributed by atoms with Gasteiger partial charge >= 0.3 is 0 Å². The largest absolute Gasteiger partial charge is 0.381 e. The molecular weight excluding hydrogens is 344 g/mol. The van der Waals surface area contributed by atoms with Crippen molar-refractivity contribution in [2.24, 2.45) is 0 Å². The third-order valence-electron chi connectivity index (χ3n) is 2.82. The summed E-state index contributed by atoms with van der Waals surface area (Å²) in [5.41, 5.74) is 5.05. The van der Waals surface area contributed by atoms with Gasteiger partial charge in [-0.15, -0.1) is 11.3 Å². The molecule has 0 atom stereocenters. The van der Waals surface area contributed by atoms with Crippen LogP contribution in [0.25, 0.3) is 10.2 Å². The van der Waals surface area contributed by atoms with Gasteiger partial charge in [-0.05, 0) is 42.0 Å². The van der Waals surface area contributed by atoms with E-state index in [0.29, 0.717) is 6.54 Å². The van der Waals surface area contributed by atoms with Crippen molar-refractivity contribution in [1.29, 1.82) is 0 Å². The predicted molar refractivity (Wildman–Crippen MR) is 86.1 cm³/mol. The summed E-state index contributed by atoms with van der Waals surface area (Å²) in [5.74, 6) is 0. The number of aromatic nitrogens is 1. The fraction of sp³-hybridized carbons (Fsp3) is 0.0714. The number of nitrogens with zero attached hydrogens (tertiary/aromatic N) is 1. The molecule has 2 aromatic carbocycles. The fourth-order valence-electron chi connectivity index (χ4n) is 1.84. The monoisotopic (exact) mass is 352 g/mol. The van der Waals surface area contributed by atoms with E-state index in [4.69, 9.17) is 11.6 Å². The molecule has 0 aliphatic carbocycles. The van der Waals surface area contributed by atoms with E-state index < -0.39 is 0 Å². The lowest BCUT2D eigenvalue weighted by Crippen LogP contribution is -1.99. The normalized spacial score (nSPS) is 10.8. The number of fused-ring (bicyclic) bond motifs is 1. The second kappa shape index (κ2) is 5.49. The predicted octanol–water partition coefficient (Wildman–Crippen LogP) is 5.32. The van der Waals surface area contributed by atoms with Crippen LogP contribution in [0.5, 0.6) is 0 Å². The lowest BCUT2D eigenvalue weighted by Gasteiger charge is -2.08. The standard InChI is InChI=1S/C14H10BrClN2S/c15-10-1-3-12(16)9(5-10)7-17-11-2-4-13-14(6-11)19-8-18-13/h1-6,8,17H,7H2. The maximum atomic E-state index is 6.17. The summed E-state index contributed by atoms with van der Waals surface area (Å²) in [4.78, 5) is 4.27. The van der Waals surface area contributed by atoms with E-state index in [9.17, 15) is 0 Å². The van der Waals surface area contributed by atoms with Gasteiger partial charge in [0, 0.05) is 21.7 Å². The summed E-state index contributed by atoms with van der Waals surface area (Å²) in [6.45, 7) is 0.697. The summed E-state index contributed by atoms with van der Waals surface area (Å²) in [7, 11) is 0. The lowest BCUT2D eigenvalue weighted by molar-refractivity contribution is 1.15. The molecule has 0 aliphatic rings. The third kappa shape index (κ3) is 2.91. The summed E-state index contributed by atoms with van der Waals surface area (Å²) in [5, 5.41) is 4.16. The van der Waals surface area contributed by atoms with Gasteiger partial charge in [0.2, 0.25) is 0 Å². The van der Waals surface area contributed by atoms with Gasteiger partial charge in [-0.1, -0.05) is 27.5 Å². The van der Waals surface area contributed by atoms with Crippen LogP contribution in [0.4, 0.5) is 5.69 Å². The highest BCUT2D eigenvalue weighted by Gasteiger charge is 2.02. The van der Waals surface area contributed by atoms with Gasteiger partial charge in [0.1, 0.15) is 0 Å². The van der Waals surface area contributed by atoms with Crippen molar-refractivity contribution < 1.29 is 0 Å². The lowest BCUT2D eigenvalue weighted by atomic mass is 10.2. The minimum Gasteiger partial charge on any atom is -0.381 e. The molecule has 0 spiro atoms. The Morgan fingerprint density at radius 2 is 2.11 bits per heavy atom. The van der Waals surface area contributed by atoms with E-state index in [1.165, 1.54) is 4.70 Å². The van der Waals surface area contributed by atoms with Gasteiger partial charge in [0.15, 0.2) is 0 Å². The van der Waals surface area contributed by atoms with E-state index in [1.807, 2.05) is 35.8 Å². The maximum Gasteiger partial charge on any atom is 0.0813 e. The molecule has 0 amide bonds. The number of hydrogen-bond donors (Lipinski definition) is 1. The molecule has 1 N–H and O–H groups in total. The Morgan fingerprint density at radius 1 is 1.21 bits per heavy atom. The number of anilines is 1. The number of benzene rings is 2. The SMILES string of the molecule is Clc1ccc(Br)cc1CNc1ccc2ncsc2c1. The Morgan fingerprint density at radius 3 is 3.00 bits per heavy atom. The van der Waals surface area contributed by atoms with Crippen LogP contribution in [0.2, 0.25) is 5.02 Å². The van der Waals surface area contributed by atoms with Crippen LogP contribution in [0.3, 0.4) is 0 Å².